The van der Waals surface area contributed by atoms with Crippen molar-refractivity contribution in [3.63, 3.8) is 0 Å². The second kappa shape index (κ2) is 11.8. The minimum atomic E-state index is -0.475. The lowest BCUT2D eigenvalue weighted by Crippen LogP contribution is -2.13. The summed E-state index contributed by atoms with van der Waals surface area (Å²) in [5, 5.41) is 0. The van der Waals surface area contributed by atoms with Crippen molar-refractivity contribution in [1.82, 2.24) is 9.97 Å². The van der Waals surface area contributed by atoms with Crippen LogP contribution in [0, 0.1) is 12.3 Å². The summed E-state index contributed by atoms with van der Waals surface area (Å²) in [5.74, 6) is -0.475. The molecule has 26 heavy (non-hydrogen) atoms. The second-order valence-corrected chi connectivity index (χ2v) is 7.28. The average molecular weight is 365 g/mol. The molecule has 5 heteroatoms. The molecule has 148 valence electrons. The Labute approximate surface area is 159 Å². The Morgan fingerprint density at radius 2 is 1.73 bits per heavy atom. The quantitative estimate of drug-likeness (QED) is 0.646. The maximum Gasteiger partial charge on any atom is 0.358 e. The molecule has 0 bridgehead atoms. The van der Waals surface area contributed by atoms with Gasteiger partial charge in [0, 0.05) is 7.11 Å². The first kappa shape index (κ1) is 24.2. The van der Waals surface area contributed by atoms with E-state index in [2.05, 4.69) is 56.2 Å². The predicted molar refractivity (Wildman–Crippen MR) is 107 cm³/mol. The van der Waals surface area contributed by atoms with E-state index in [-0.39, 0.29) is 11.1 Å². The zero-order chi connectivity index (χ0) is 20.3. The number of esters is 1. The van der Waals surface area contributed by atoms with Crippen LogP contribution in [0.2, 0.25) is 0 Å². The molecule has 0 amide bonds. The molecule has 0 radical (unpaired) electrons. The molecule has 0 atom stereocenters. The highest BCUT2D eigenvalue weighted by molar-refractivity contribution is 5.87. The summed E-state index contributed by atoms with van der Waals surface area (Å²) >= 11 is 0. The van der Waals surface area contributed by atoms with Crippen LogP contribution in [0.1, 0.15) is 82.7 Å². The second-order valence-electron chi connectivity index (χ2n) is 7.28. The smallest absolute Gasteiger partial charge is 0.358 e. The number of aryl methyl sites for hydroxylation is 1. The lowest BCUT2D eigenvalue weighted by Gasteiger charge is -2.24. The number of hydrogen-bond acceptors (Lipinski definition) is 5. The number of unbranched alkanes of at least 4 members (excludes halogenated alkanes) is 1. The molecule has 0 aliphatic heterocycles. The molecule has 0 N–H and O–H groups in total. The van der Waals surface area contributed by atoms with Crippen LogP contribution in [0.4, 0.5) is 0 Å². The van der Waals surface area contributed by atoms with Crippen LogP contribution in [0.25, 0.3) is 5.57 Å². The summed E-state index contributed by atoms with van der Waals surface area (Å²) < 4.78 is 9.90. The van der Waals surface area contributed by atoms with Gasteiger partial charge in [0.25, 0.3) is 0 Å². The van der Waals surface area contributed by atoms with E-state index >= 15 is 0 Å². The molecule has 0 fully saturated rings. The first-order valence-corrected chi connectivity index (χ1v) is 9.25. The molecule has 5 nitrogen and oxygen atoms in total. The van der Waals surface area contributed by atoms with E-state index in [4.69, 9.17) is 4.74 Å². The van der Waals surface area contributed by atoms with Crippen LogP contribution in [0.15, 0.2) is 11.8 Å². The van der Waals surface area contributed by atoms with Crippen LogP contribution in [-0.2, 0) is 9.47 Å². The van der Waals surface area contributed by atoms with Gasteiger partial charge in [0.1, 0.15) is 0 Å². The summed E-state index contributed by atoms with van der Waals surface area (Å²) in [5.41, 5.74) is 4.15. The van der Waals surface area contributed by atoms with Gasteiger partial charge in [-0.2, -0.15) is 0 Å². The van der Waals surface area contributed by atoms with Crippen LogP contribution in [-0.4, -0.2) is 36.8 Å². The standard InChI is InChI=1S/C17H26N2O3.C4H10/c1-11(17(3,4)5)13(8-9-21-6)15-12(2)19-14(10-18-15)16(20)22-7;1-3-4-2/h10H,8-9H2,1-7H3;3-4H2,1-2H3/b13-11+;. The van der Waals surface area contributed by atoms with Gasteiger partial charge in [-0.15, -0.1) is 0 Å². The molecule has 0 saturated heterocycles. The van der Waals surface area contributed by atoms with E-state index in [9.17, 15) is 4.79 Å². The Hall–Kier alpha value is -1.75. The fourth-order valence-corrected chi connectivity index (χ4v) is 2.12. The van der Waals surface area contributed by atoms with Crippen molar-refractivity contribution >= 4 is 11.5 Å². The Morgan fingerprint density at radius 1 is 1.15 bits per heavy atom. The highest BCUT2D eigenvalue weighted by Gasteiger charge is 2.21. The maximum absolute atomic E-state index is 11.6. The number of methoxy groups -OCH3 is 2. The Morgan fingerprint density at radius 3 is 2.12 bits per heavy atom. The first-order chi connectivity index (χ1) is 12.1. The van der Waals surface area contributed by atoms with Gasteiger partial charge in [-0.25, -0.2) is 9.78 Å². The van der Waals surface area contributed by atoms with Crippen molar-refractivity contribution in [1.29, 1.82) is 0 Å². The van der Waals surface area contributed by atoms with Crippen LogP contribution < -0.4 is 0 Å². The van der Waals surface area contributed by atoms with Crippen molar-refractivity contribution in [3.05, 3.63) is 28.9 Å². The third-order valence-corrected chi connectivity index (χ3v) is 4.26. The highest BCUT2D eigenvalue weighted by atomic mass is 16.5. The lowest BCUT2D eigenvalue weighted by atomic mass is 9.82. The number of hydrogen-bond donors (Lipinski definition) is 0. The highest BCUT2D eigenvalue weighted by Crippen LogP contribution is 2.34. The van der Waals surface area contributed by atoms with Gasteiger partial charge in [0.2, 0.25) is 0 Å². The van der Waals surface area contributed by atoms with Crippen LogP contribution >= 0.6 is 0 Å². The molecule has 0 unspecified atom stereocenters. The summed E-state index contributed by atoms with van der Waals surface area (Å²) in [6, 6.07) is 0. The van der Waals surface area contributed by atoms with Crippen molar-refractivity contribution in [2.24, 2.45) is 5.41 Å². The fraction of sp³-hybridized carbons (Fsp3) is 0.667. The minimum absolute atomic E-state index is 0.0260. The first-order valence-electron chi connectivity index (χ1n) is 9.25. The van der Waals surface area contributed by atoms with Crippen molar-refractivity contribution in [2.75, 3.05) is 20.8 Å². The summed E-state index contributed by atoms with van der Waals surface area (Å²) in [6.45, 7) is 15.4. The molecule has 1 rings (SSSR count). The molecule has 0 spiro atoms. The number of carbonyl (C=O) groups excluding carboxylic acids is 1. The topological polar surface area (TPSA) is 61.3 Å². The number of carbonyl (C=O) groups is 1. The van der Waals surface area contributed by atoms with E-state index in [1.165, 1.54) is 31.7 Å². The van der Waals surface area contributed by atoms with Gasteiger partial charge < -0.3 is 9.47 Å². The summed E-state index contributed by atoms with van der Waals surface area (Å²) in [7, 11) is 3.02. The van der Waals surface area contributed by atoms with Gasteiger partial charge in [0.05, 0.1) is 31.3 Å². The van der Waals surface area contributed by atoms with E-state index in [0.717, 1.165) is 23.4 Å². The molecule has 0 aliphatic rings. The molecule has 0 aromatic carbocycles. The van der Waals surface area contributed by atoms with Crippen molar-refractivity contribution in [3.8, 4) is 0 Å². The van der Waals surface area contributed by atoms with Crippen molar-refractivity contribution < 1.29 is 14.3 Å². The zero-order valence-electron chi connectivity index (χ0n) is 18.0. The summed E-state index contributed by atoms with van der Waals surface area (Å²) in [4.78, 5) is 20.3. The maximum atomic E-state index is 11.6. The minimum Gasteiger partial charge on any atom is -0.464 e. The molecule has 1 heterocycles. The SMILES string of the molecule is CCCC.COCC/C(=C(/C)C(C)(C)C)c1ncc(C(=O)OC)nc1C. The van der Waals surface area contributed by atoms with Gasteiger partial charge in [-0.1, -0.05) is 53.0 Å². The third-order valence-electron chi connectivity index (χ3n) is 4.26. The van der Waals surface area contributed by atoms with Crippen LogP contribution in [0.5, 0.6) is 0 Å². The molecule has 1 aromatic heterocycles. The van der Waals surface area contributed by atoms with E-state index in [1.54, 1.807) is 7.11 Å². The molecule has 0 aliphatic carbocycles. The van der Waals surface area contributed by atoms with E-state index in [0.29, 0.717) is 6.61 Å². The van der Waals surface area contributed by atoms with Crippen molar-refractivity contribution in [2.45, 2.75) is 67.7 Å². The summed E-state index contributed by atoms with van der Waals surface area (Å²) in [6.07, 6.45) is 4.86. The van der Waals surface area contributed by atoms with Crippen LogP contribution in [0.3, 0.4) is 0 Å². The predicted octanol–water partition coefficient (Wildman–Crippen LogP) is 5.23. The Balaban J connectivity index is 0.00000141. The van der Waals surface area contributed by atoms with Gasteiger partial charge in [-0.05, 0) is 31.3 Å². The lowest BCUT2D eigenvalue weighted by molar-refractivity contribution is 0.0593. The Bertz CT molecular complexity index is 600. The molecular formula is C21H36N2O3. The van der Waals surface area contributed by atoms with E-state index in [1.807, 2.05) is 6.92 Å². The fourth-order valence-electron chi connectivity index (χ4n) is 2.12. The Kier molecular flexibility index (Phi) is 11.0. The molecule has 1 aromatic rings. The zero-order valence-corrected chi connectivity index (χ0v) is 18.0. The monoisotopic (exact) mass is 364 g/mol. The van der Waals surface area contributed by atoms with E-state index < -0.39 is 5.97 Å². The number of aromatic nitrogens is 2. The van der Waals surface area contributed by atoms with Gasteiger partial charge >= 0.3 is 5.97 Å². The largest absolute Gasteiger partial charge is 0.464 e. The average Bonchev–Trinajstić information content (AvgIpc) is 2.61. The molecule has 0 saturated carbocycles. The normalized spacial score (nSPS) is 12.0. The number of nitrogens with zero attached hydrogens (tertiary/aromatic N) is 2. The number of allylic oxidation sites excluding steroid dienone is 1. The number of rotatable bonds is 6. The third kappa shape index (κ3) is 7.65. The van der Waals surface area contributed by atoms with Gasteiger partial charge in [0.15, 0.2) is 5.69 Å². The number of ether oxygens (including phenoxy) is 2. The van der Waals surface area contributed by atoms with Gasteiger partial charge in [-0.3, -0.25) is 4.98 Å². The molecular weight excluding hydrogens is 328 g/mol.